The third-order valence-corrected chi connectivity index (χ3v) is 3.84. The van der Waals surface area contributed by atoms with Gasteiger partial charge in [-0.2, -0.15) is 0 Å². The number of barbiturate groups is 1. The number of carbonyl (C=O) groups is 3. The number of imide groups is 2. The summed E-state index contributed by atoms with van der Waals surface area (Å²) in [5, 5.41) is 3.83. The van der Waals surface area contributed by atoms with E-state index in [4.69, 9.17) is 0 Å². The van der Waals surface area contributed by atoms with E-state index >= 15 is 0 Å². The standard InChI is InChI=1S/C15H9FN2O3S/c16-11-5-1-2-6-12(11)18-14(20)10(13(19)17-15(18)21)8-9-4-3-7-22-9/h1-8H,(H,17,19,21)/b10-8-. The van der Waals surface area contributed by atoms with Gasteiger partial charge in [-0.15, -0.1) is 11.3 Å². The van der Waals surface area contributed by atoms with Gasteiger partial charge in [-0.1, -0.05) is 18.2 Å². The molecule has 7 heteroatoms. The van der Waals surface area contributed by atoms with Gasteiger partial charge in [0.1, 0.15) is 11.4 Å². The summed E-state index contributed by atoms with van der Waals surface area (Å²) in [6, 6.07) is 7.89. The Balaban J connectivity index is 2.05. The summed E-state index contributed by atoms with van der Waals surface area (Å²) in [5.41, 5.74) is -0.417. The molecule has 0 bridgehead atoms. The number of halogens is 1. The average Bonchev–Trinajstić information content (AvgIpc) is 2.98. The normalized spacial score (nSPS) is 17.0. The first-order chi connectivity index (χ1) is 10.6. The summed E-state index contributed by atoms with van der Waals surface area (Å²) in [5.74, 6) is -2.38. The van der Waals surface area contributed by atoms with Crippen molar-refractivity contribution >= 4 is 40.9 Å². The minimum atomic E-state index is -0.969. The molecule has 2 heterocycles. The number of urea groups is 1. The Bertz CT molecular complexity index is 799. The molecule has 3 rings (SSSR count). The average molecular weight is 316 g/mol. The van der Waals surface area contributed by atoms with Crippen LogP contribution in [0.15, 0.2) is 47.4 Å². The van der Waals surface area contributed by atoms with Crippen molar-refractivity contribution in [2.45, 2.75) is 0 Å². The van der Waals surface area contributed by atoms with Crippen LogP contribution in [0.25, 0.3) is 6.08 Å². The summed E-state index contributed by atoms with van der Waals surface area (Å²) >= 11 is 1.34. The maximum Gasteiger partial charge on any atom is 0.336 e. The highest BCUT2D eigenvalue weighted by Crippen LogP contribution is 2.24. The Morgan fingerprint density at radius 1 is 1.09 bits per heavy atom. The first-order valence-corrected chi connectivity index (χ1v) is 7.15. The number of rotatable bonds is 2. The highest BCUT2D eigenvalue weighted by atomic mass is 32.1. The fourth-order valence-corrected chi connectivity index (χ4v) is 2.68. The minimum absolute atomic E-state index is 0.199. The molecule has 1 aromatic heterocycles. The quantitative estimate of drug-likeness (QED) is 0.684. The second-order valence-corrected chi connectivity index (χ2v) is 5.40. The van der Waals surface area contributed by atoms with E-state index in [1.165, 1.54) is 35.6 Å². The van der Waals surface area contributed by atoms with Crippen LogP contribution in [0.4, 0.5) is 14.9 Å². The van der Waals surface area contributed by atoms with Gasteiger partial charge in [-0.05, 0) is 29.7 Å². The van der Waals surface area contributed by atoms with Crippen LogP contribution in [-0.2, 0) is 9.59 Å². The molecule has 5 nitrogen and oxygen atoms in total. The Labute approximate surface area is 128 Å². The number of amides is 4. The first-order valence-electron chi connectivity index (χ1n) is 6.27. The molecule has 4 amide bonds. The van der Waals surface area contributed by atoms with Crippen molar-refractivity contribution in [1.82, 2.24) is 5.32 Å². The number of hydrogen-bond acceptors (Lipinski definition) is 4. The summed E-state index contributed by atoms with van der Waals surface area (Å²) in [6.45, 7) is 0. The number of benzene rings is 1. The molecule has 1 aliphatic heterocycles. The van der Waals surface area contributed by atoms with Crippen molar-refractivity contribution in [2.75, 3.05) is 4.90 Å². The van der Waals surface area contributed by atoms with Gasteiger partial charge in [0, 0.05) is 4.88 Å². The van der Waals surface area contributed by atoms with Crippen molar-refractivity contribution in [1.29, 1.82) is 0 Å². The van der Waals surface area contributed by atoms with Crippen molar-refractivity contribution in [3.8, 4) is 0 Å². The monoisotopic (exact) mass is 316 g/mol. The lowest BCUT2D eigenvalue weighted by Crippen LogP contribution is -2.54. The van der Waals surface area contributed by atoms with Crippen LogP contribution in [0.3, 0.4) is 0 Å². The fourth-order valence-electron chi connectivity index (χ4n) is 2.02. The van der Waals surface area contributed by atoms with Crippen LogP contribution in [-0.4, -0.2) is 17.8 Å². The Morgan fingerprint density at radius 2 is 1.86 bits per heavy atom. The van der Waals surface area contributed by atoms with Crippen molar-refractivity contribution in [3.05, 3.63) is 58.0 Å². The molecule has 110 valence electrons. The van der Waals surface area contributed by atoms with Crippen LogP contribution in [0, 0.1) is 5.82 Å². The molecule has 0 atom stereocenters. The van der Waals surface area contributed by atoms with Crippen LogP contribution < -0.4 is 10.2 Å². The van der Waals surface area contributed by atoms with Gasteiger partial charge in [0.25, 0.3) is 11.8 Å². The Morgan fingerprint density at radius 3 is 2.55 bits per heavy atom. The molecule has 0 radical (unpaired) electrons. The number of carbonyl (C=O) groups excluding carboxylic acids is 3. The number of nitrogens with one attached hydrogen (secondary N) is 1. The highest BCUT2D eigenvalue weighted by molar-refractivity contribution is 7.10. The zero-order valence-corrected chi connectivity index (χ0v) is 11.9. The maximum absolute atomic E-state index is 13.8. The molecule has 1 N–H and O–H groups in total. The largest absolute Gasteiger partial charge is 0.336 e. The molecule has 1 aromatic carbocycles. The molecule has 0 saturated carbocycles. The van der Waals surface area contributed by atoms with E-state index in [-0.39, 0.29) is 11.3 Å². The van der Waals surface area contributed by atoms with E-state index < -0.39 is 23.7 Å². The van der Waals surface area contributed by atoms with Crippen LogP contribution in [0.5, 0.6) is 0 Å². The number of anilines is 1. The molecule has 2 aromatic rings. The third-order valence-electron chi connectivity index (χ3n) is 3.02. The van der Waals surface area contributed by atoms with Crippen LogP contribution >= 0.6 is 11.3 Å². The molecule has 0 spiro atoms. The van der Waals surface area contributed by atoms with Gasteiger partial charge in [-0.3, -0.25) is 14.9 Å². The second-order valence-electron chi connectivity index (χ2n) is 4.42. The molecule has 1 fully saturated rings. The lowest BCUT2D eigenvalue weighted by atomic mass is 10.1. The van der Waals surface area contributed by atoms with Gasteiger partial charge in [0.2, 0.25) is 0 Å². The van der Waals surface area contributed by atoms with Crippen LogP contribution in [0.2, 0.25) is 0 Å². The van der Waals surface area contributed by atoms with E-state index in [9.17, 15) is 18.8 Å². The highest BCUT2D eigenvalue weighted by Gasteiger charge is 2.37. The smallest absolute Gasteiger partial charge is 0.273 e. The zero-order valence-electron chi connectivity index (χ0n) is 11.1. The molecule has 0 aliphatic carbocycles. The lowest BCUT2D eigenvalue weighted by Gasteiger charge is -2.26. The van der Waals surface area contributed by atoms with E-state index in [0.29, 0.717) is 9.78 Å². The number of hydrogen-bond donors (Lipinski definition) is 1. The Hall–Kier alpha value is -2.80. The van der Waals surface area contributed by atoms with Gasteiger partial charge in [0.05, 0.1) is 5.69 Å². The van der Waals surface area contributed by atoms with Crippen molar-refractivity contribution in [2.24, 2.45) is 0 Å². The predicted molar refractivity (Wildman–Crippen MR) is 79.7 cm³/mol. The van der Waals surface area contributed by atoms with Gasteiger partial charge in [0.15, 0.2) is 0 Å². The topological polar surface area (TPSA) is 66.5 Å². The number of thiophene rings is 1. The molecule has 1 saturated heterocycles. The second kappa shape index (κ2) is 5.53. The van der Waals surface area contributed by atoms with E-state index in [2.05, 4.69) is 0 Å². The van der Waals surface area contributed by atoms with E-state index in [0.717, 1.165) is 6.07 Å². The van der Waals surface area contributed by atoms with E-state index in [1.54, 1.807) is 17.5 Å². The maximum atomic E-state index is 13.8. The minimum Gasteiger partial charge on any atom is -0.273 e. The fraction of sp³-hybridized carbons (Fsp3) is 0. The third kappa shape index (κ3) is 2.42. The van der Waals surface area contributed by atoms with Crippen molar-refractivity contribution < 1.29 is 18.8 Å². The summed E-state index contributed by atoms with van der Waals surface area (Å²) < 4.78 is 13.8. The molecule has 0 unspecified atom stereocenters. The van der Waals surface area contributed by atoms with Crippen LogP contribution in [0.1, 0.15) is 4.88 Å². The summed E-state index contributed by atoms with van der Waals surface area (Å²) in [4.78, 5) is 37.5. The van der Waals surface area contributed by atoms with Crippen molar-refractivity contribution in [3.63, 3.8) is 0 Å². The number of para-hydroxylation sites is 1. The first kappa shape index (κ1) is 14.2. The molecule has 22 heavy (non-hydrogen) atoms. The van der Waals surface area contributed by atoms with Gasteiger partial charge >= 0.3 is 6.03 Å². The zero-order chi connectivity index (χ0) is 15.7. The SMILES string of the molecule is O=C1NC(=O)N(c2ccccc2F)C(=O)/C1=C\c1cccs1. The lowest BCUT2D eigenvalue weighted by molar-refractivity contribution is -0.122. The number of nitrogens with zero attached hydrogens (tertiary/aromatic N) is 1. The Kier molecular flexibility index (Phi) is 3.56. The molecular formula is C15H9FN2O3S. The summed E-state index contributed by atoms with van der Waals surface area (Å²) in [6.07, 6.45) is 1.38. The molecular weight excluding hydrogens is 307 g/mol. The van der Waals surface area contributed by atoms with E-state index in [1.807, 2.05) is 5.32 Å². The predicted octanol–water partition coefficient (Wildman–Crippen LogP) is 2.55. The summed E-state index contributed by atoms with van der Waals surface area (Å²) in [7, 11) is 0. The van der Waals surface area contributed by atoms with Gasteiger partial charge in [-0.25, -0.2) is 14.1 Å². The molecule has 1 aliphatic rings. The van der Waals surface area contributed by atoms with Gasteiger partial charge < -0.3 is 0 Å².